The maximum Gasteiger partial charge on any atom is 0.265 e. The molecule has 0 atom stereocenters. The van der Waals surface area contributed by atoms with Crippen molar-refractivity contribution in [3.8, 4) is 11.4 Å². The predicted octanol–water partition coefficient (Wildman–Crippen LogP) is 4.59. The number of rotatable bonds is 3. The largest absolute Gasteiger partial charge is 0.338 e. The van der Waals surface area contributed by atoms with Crippen LogP contribution in [0.2, 0.25) is 4.34 Å². The summed E-state index contributed by atoms with van der Waals surface area (Å²) in [6.45, 7) is 0. The Morgan fingerprint density at radius 2 is 1.96 bits per heavy atom. The van der Waals surface area contributed by atoms with Gasteiger partial charge in [-0.15, -0.1) is 11.3 Å². The molecule has 0 aliphatic heterocycles. The van der Waals surface area contributed by atoms with Crippen LogP contribution in [0.3, 0.4) is 0 Å². The average Bonchev–Trinajstić information content (AvgIpc) is 3.21. The molecule has 0 fully saturated rings. The number of nitrogens with zero attached hydrogens (tertiary/aromatic N) is 2. The number of carbonyl (C=O) groups is 1. The number of pyridine rings is 1. The Bertz CT molecular complexity index is 1030. The van der Waals surface area contributed by atoms with Crippen LogP contribution in [0.5, 0.6) is 0 Å². The number of carbonyl (C=O) groups excluding carboxylic acids is 1. The molecule has 0 unspecified atom stereocenters. The van der Waals surface area contributed by atoms with Gasteiger partial charge in [-0.1, -0.05) is 11.6 Å². The molecule has 4 rings (SSSR count). The quantitative estimate of drug-likeness (QED) is 0.565. The molecule has 0 radical (unpaired) electrons. The highest BCUT2D eigenvalue weighted by Crippen LogP contribution is 2.25. The number of fused-ring (bicyclic) bond motifs is 1. The predicted molar refractivity (Wildman–Crippen MR) is 96.6 cm³/mol. The van der Waals surface area contributed by atoms with Crippen LogP contribution in [0.25, 0.3) is 22.4 Å². The van der Waals surface area contributed by atoms with Gasteiger partial charge in [-0.3, -0.25) is 9.78 Å². The van der Waals surface area contributed by atoms with E-state index in [1.54, 1.807) is 24.5 Å². The summed E-state index contributed by atoms with van der Waals surface area (Å²) in [6.07, 6.45) is 3.45. The first-order chi connectivity index (χ1) is 11.7. The molecule has 24 heavy (non-hydrogen) atoms. The van der Waals surface area contributed by atoms with Crippen molar-refractivity contribution < 1.29 is 4.79 Å². The summed E-state index contributed by atoms with van der Waals surface area (Å²) in [4.78, 5) is 24.6. The van der Waals surface area contributed by atoms with Gasteiger partial charge >= 0.3 is 0 Å². The normalized spacial score (nSPS) is 10.9. The lowest BCUT2D eigenvalue weighted by atomic mass is 10.2. The van der Waals surface area contributed by atoms with Crippen molar-refractivity contribution in [2.45, 2.75) is 0 Å². The maximum absolute atomic E-state index is 12.2. The fourth-order valence-corrected chi connectivity index (χ4v) is 3.30. The van der Waals surface area contributed by atoms with Gasteiger partial charge in [-0.05, 0) is 42.5 Å². The SMILES string of the molecule is O=C(Nc1ccc2nc(-c3ccncc3)[nH]c2c1)c1ccc(Cl)s1. The summed E-state index contributed by atoms with van der Waals surface area (Å²) in [5.41, 5.74) is 3.34. The first kappa shape index (κ1) is 14.9. The van der Waals surface area contributed by atoms with E-state index in [0.717, 1.165) is 22.4 Å². The van der Waals surface area contributed by atoms with Gasteiger partial charge in [0.05, 0.1) is 20.2 Å². The molecule has 118 valence electrons. The van der Waals surface area contributed by atoms with E-state index in [0.29, 0.717) is 14.9 Å². The Labute approximate surface area is 146 Å². The van der Waals surface area contributed by atoms with Crippen molar-refractivity contribution >= 4 is 45.6 Å². The van der Waals surface area contributed by atoms with Crippen LogP contribution in [-0.2, 0) is 0 Å². The molecule has 2 N–H and O–H groups in total. The second kappa shape index (κ2) is 6.07. The molecular weight excluding hydrogens is 344 g/mol. The molecule has 3 heterocycles. The number of benzene rings is 1. The molecule has 0 saturated carbocycles. The fourth-order valence-electron chi connectivity index (χ4n) is 2.36. The fraction of sp³-hybridized carbons (Fsp3) is 0. The lowest BCUT2D eigenvalue weighted by molar-refractivity contribution is 0.103. The molecule has 0 bridgehead atoms. The van der Waals surface area contributed by atoms with Crippen LogP contribution in [0.1, 0.15) is 9.67 Å². The van der Waals surface area contributed by atoms with Crippen molar-refractivity contribution in [1.29, 1.82) is 0 Å². The molecule has 1 aromatic carbocycles. The number of H-pyrrole nitrogens is 1. The summed E-state index contributed by atoms with van der Waals surface area (Å²) in [5, 5.41) is 2.87. The van der Waals surface area contributed by atoms with Gasteiger partial charge in [0.25, 0.3) is 5.91 Å². The van der Waals surface area contributed by atoms with Gasteiger partial charge in [0.1, 0.15) is 5.82 Å². The van der Waals surface area contributed by atoms with E-state index in [2.05, 4.69) is 20.3 Å². The lowest BCUT2D eigenvalue weighted by Crippen LogP contribution is -2.09. The van der Waals surface area contributed by atoms with E-state index in [9.17, 15) is 4.79 Å². The summed E-state index contributed by atoms with van der Waals surface area (Å²) in [7, 11) is 0. The average molecular weight is 355 g/mol. The third-order valence-electron chi connectivity index (χ3n) is 3.49. The highest BCUT2D eigenvalue weighted by molar-refractivity contribution is 7.18. The van der Waals surface area contributed by atoms with Crippen LogP contribution in [0, 0.1) is 0 Å². The summed E-state index contributed by atoms with van der Waals surface area (Å²) in [5.74, 6) is 0.584. The van der Waals surface area contributed by atoms with Gasteiger partial charge < -0.3 is 10.3 Å². The number of hydrogen-bond donors (Lipinski definition) is 2. The zero-order valence-electron chi connectivity index (χ0n) is 12.3. The molecular formula is C17H11ClN4OS. The number of hydrogen-bond acceptors (Lipinski definition) is 4. The molecule has 0 aliphatic carbocycles. The van der Waals surface area contributed by atoms with E-state index >= 15 is 0 Å². The van der Waals surface area contributed by atoms with Crippen LogP contribution in [-0.4, -0.2) is 20.9 Å². The van der Waals surface area contributed by atoms with Gasteiger partial charge in [0, 0.05) is 23.6 Å². The molecule has 0 aliphatic rings. The molecule has 0 spiro atoms. The zero-order valence-corrected chi connectivity index (χ0v) is 13.9. The summed E-state index contributed by atoms with van der Waals surface area (Å²) < 4.78 is 0.589. The number of anilines is 1. The first-order valence-corrected chi connectivity index (χ1v) is 8.35. The van der Waals surface area contributed by atoms with Crippen LogP contribution >= 0.6 is 22.9 Å². The van der Waals surface area contributed by atoms with Gasteiger partial charge in [-0.25, -0.2) is 4.98 Å². The second-order valence-electron chi connectivity index (χ2n) is 5.11. The first-order valence-electron chi connectivity index (χ1n) is 7.16. The monoisotopic (exact) mass is 354 g/mol. The minimum Gasteiger partial charge on any atom is -0.338 e. The molecule has 3 aromatic heterocycles. The number of thiophene rings is 1. The topological polar surface area (TPSA) is 70.7 Å². The molecule has 1 amide bonds. The number of halogens is 1. The van der Waals surface area contributed by atoms with E-state index in [4.69, 9.17) is 11.6 Å². The molecule has 7 heteroatoms. The molecule has 4 aromatic rings. The maximum atomic E-state index is 12.2. The third kappa shape index (κ3) is 2.89. The summed E-state index contributed by atoms with van der Waals surface area (Å²) in [6, 6.07) is 12.8. The lowest BCUT2D eigenvalue weighted by Gasteiger charge is -2.03. The minimum atomic E-state index is -0.180. The van der Waals surface area contributed by atoms with Crippen LogP contribution in [0.4, 0.5) is 5.69 Å². The van der Waals surface area contributed by atoms with E-state index in [1.807, 2.05) is 30.3 Å². The van der Waals surface area contributed by atoms with Gasteiger partial charge in [-0.2, -0.15) is 0 Å². The van der Waals surface area contributed by atoms with Gasteiger partial charge in [0.15, 0.2) is 0 Å². The standard InChI is InChI=1S/C17H11ClN4OS/c18-15-4-3-14(24-15)17(23)20-11-1-2-12-13(9-11)22-16(21-12)10-5-7-19-8-6-10/h1-9H,(H,20,23)(H,21,22). The summed E-state index contributed by atoms with van der Waals surface area (Å²) >= 11 is 7.11. The highest BCUT2D eigenvalue weighted by Gasteiger charge is 2.10. The number of amides is 1. The number of aromatic amines is 1. The van der Waals surface area contributed by atoms with Crippen molar-refractivity contribution in [1.82, 2.24) is 15.0 Å². The van der Waals surface area contributed by atoms with Crippen LogP contribution in [0.15, 0.2) is 54.9 Å². The zero-order chi connectivity index (χ0) is 16.5. The van der Waals surface area contributed by atoms with Crippen molar-refractivity contribution in [2.75, 3.05) is 5.32 Å². The molecule has 0 saturated heterocycles. The smallest absolute Gasteiger partial charge is 0.265 e. The van der Waals surface area contributed by atoms with E-state index in [1.165, 1.54) is 11.3 Å². The highest BCUT2D eigenvalue weighted by atomic mass is 35.5. The third-order valence-corrected chi connectivity index (χ3v) is 4.72. The van der Waals surface area contributed by atoms with Crippen molar-refractivity contribution in [2.24, 2.45) is 0 Å². The van der Waals surface area contributed by atoms with Crippen LogP contribution < -0.4 is 5.32 Å². The van der Waals surface area contributed by atoms with Crippen molar-refractivity contribution in [3.63, 3.8) is 0 Å². The Balaban J connectivity index is 1.62. The Morgan fingerprint density at radius 3 is 2.71 bits per heavy atom. The number of nitrogens with one attached hydrogen (secondary N) is 2. The second-order valence-corrected chi connectivity index (χ2v) is 6.83. The van der Waals surface area contributed by atoms with Crippen molar-refractivity contribution in [3.05, 3.63) is 64.1 Å². The molecule has 5 nitrogen and oxygen atoms in total. The van der Waals surface area contributed by atoms with E-state index in [-0.39, 0.29) is 5.91 Å². The number of imidazole rings is 1. The Kier molecular flexibility index (Phi) is 3.76. The Hall–Kier alpha value is -2.70. The Morgan fingerprint density at radius 1 is 1.12 bits per heavy atom. The minimum absolute atomic E-state index is 0.180. The number of aromatic nitrogens is 3. The van der Waals surface area contributed by atoms with E-state index < -0.39 is 0 Å². The van der Waals surface area contributed by atoms with Gasteiger partial charge in [0.2, 0.25) is 0 Å².